The molecule has 0 atom stereocenters. The Bertz CT molecular complexity index is 542. The van der Waals surface area contributed by atoms with E-state index in [-0.39, 0.29) is 5.91 Å². The smallest absolute Gasteiger partial charge is 0.244 e. The molecule has 7 nitrogen and oxygen atoms in total. The van der Waals surface area contributed by atoms with Gasteiger partial charge in [0.25, 0.3) is 0 Å². The average molecular weight is 288 g/mol. The van der Waals surface area contributed by atoms with Crippen LogP contribution >= 0.6 is 0 Å². The van der Waals surface area contributed by atoms with E-state index in [4.69, 9.17) is 0 Å². The molecule has 0 N–H and O–H groups in total. The van der Waals surface area contributed by atoms with Gasteiger partial charge in [0.05, 0.1) is 6.54 Å². The Hall–Kier alpha value is -2.15. The normalized spacial score (nSPS) is 16.3. The van der Waals surface area contributed by atoms with Gasteiger partial charge in [-0.1, -0.05) is 0 Å². The second kappa shape index (κ2) is 6.53. The lowest BCUT2D eigenvalue weighted by molar-refractivity contribution is -0.133. The minimum absolute atomic E-state index is 0.144. The van der Waals surface area contributed by atoms with Crippen molar-refractivity contribution in [3.63, 3.8) is 0 Å². The van der Waals surface area contributed by atoms with E-state index in [0.717, 1.165) is 39.3 Å². The third-order valence-electron chi connectivity index (χ3n) is 3.79. The second-order valence-electron chi connectivity index (χ2n) is 5.20. The molecule has 1 saturated heterocycles. The van der Waals surface area contributed by atoms with Crippen LogP contribution in [0.1, 0.15) is 0 Å². The third-order valence-corrected chi connectivity index (χ3v) is 3.79. The van der Waals surface area contributed by atoms with Crippen molar-refractivity contribution in [3.8, 4) is 0 Å². The summed E-state index contributed by atoms with van der Waals surface area (Å²) in [5.74, 6) is 0.144. The Kier molecular flexibility index (Phi) is 4.30. The SMILES string of the molecule is O=C(Cn1cccn1)N1CCN(CCn2cccn2)CC1. The zero-order chi connectivity index (χ0) is 14.5. The van der Waals surface area contributed by atoms with Gasteiger partial charge in [-0.15, -0.1) is 0 Å². The van der Waals surface area contributed by atoms with Crippen LogP contribution in [0.25, 0.3) is 0 Å². The molecule has 0 aliphatic carbocycles. The van der Waals surface area contributed by atoms with Crippen LogP contribution in [0.5, 0.6) is 0 Å². The average Bonchev–Trinajstić information content (AvgIpc) is 3.19. The van der Waals surface area contributed by atoms with Crippen LogP contribution in [-0.2, 0) is 17.9 Å². The topological polar surface area (TPSA) is 59.2 Å². The Balaban J connectivity index is 1.41. The molecule has 0 radical (unpaired) electrons. The molecule has 1 aliphatic heterocycles. The van der Waals surface area contributed by atoms with Gasteiger partial charge in [0.15, 0.2) is 0 Å². The van der Waals surface area contributed by atoms with Crippen molar-refractivity contribution in [2.45, 2.75) is 13.1 Å². The molecular formula is C14H20N6O. The minimum Gasteiger partial charge on any atom is -0.339 e. The van der Waals surface area contributed by atoms with Crippen LogP contribution in [0.4, 0.5) is 0 Å². The van der Waals surface area contributed by atoms with Gasteiger partial charge in [0.2, 0.25) is 5.91 Å². The number of nitrogens with zero attached hydrogens (tertiary/aromatic N) is 6. The molecule has 0 bridgehead atoms. The van der Waals surface area contributed by atoms with Crippen molar-refractivity contribution < 1.29 is 4.79 Å². The first kappa shape index (κ1) is 13.8. The molecule has 112 valence electrons. The fourth-order valence-corrected chi connectivity index (χ4v) is 2.53. The van der Waals surface area contributed by atoms with Crippen LogP contribution in [0, 0.1) is 0 Å². The van der Waals surface area contributed by atoms with E-state index < -0.39 is 0 Å². The van der Waals surface area contributed by atoms with Crippen LogP contribution < -0.4 is 0 Å². The van der Waals surface area contributed by atoms with Crippen molar-refractivity contribution in [2.75, 3.05) is 32.7 Å². The standard InChI is InChI=1S/C14H20N6O/c21-14(13-20-6-2-4-16-20)18-10-7-17(8-11-18)9-12-19-5-1-3-15-19/h1-6H,7-13H2. The molecule has 0 saturated carbocycles. The summed E-state index contributed by atoms with van der Waals surface area (Å²) in [5, 5.41) is 8.27. The molecule has 2 aromatic heterocycles. The number of hydrogen-bond acceptors (Lipinski definition) is 4. The van der Waals surface area contributed by atoms with E-state index in [9.17, 15) is 4.79 Å². The lowest BCUT2D eigenvalue weighted by Gasteiger charge is -2.34. The summed E-state index contributed by atoms with van der Waals surface area (Å²) in [5.41, 5.74) is 0. The summed E-state index contributed by atoms with van der Waals surface area (Å²) in [4.78, 5) is 16.4. The maximum absolute atomic E-state index is 12.1. The lowest BCUT2D eigenvalue weighted by Crippen LogP contribution is -2.50. The monoisotopic (exact) mass is 288 g/mol. The number of aromatic nitrogens is 4. The maximum Gasteiger partial charge on any atom is 0.244 e. The van der Waals surface area contributed by atoms with E-state index >= 15 is 0 Å². The summed E-state index contributed by atoms with van der Waals surface area (Å²) in [6.07, 6.45) is 7.29. The number of amides is 1. The Morgan fingerprint density at radius 3 is 2.19 bits per heavy atom. The third kappa shape index (κ3) is 3.69. The van der Waals surface area contributed by atoms with Crippen molar-refractivity contribution in [1.29, 1.82) is 0 Å². The van der Waals surface area contributed by atoms with Crippen LogP contribution in [0.15, 0.2) is 36.9 Å². The zero-order valence-corrected chi connectivity index (χ0v) is 12.0. The summed E-state index contributed by atoms with van der Waals surface area (Å²) < 4.78 is 3.61. The van der Waals surface area contributed by atoms with Gasteiger partial charge in [0, 0.05) is 57.5 Å². The highest BCUT2D eigenvalue weighted by atomic mass is 16.2. The highest BCUT2D eigenvalue weighted by Crippen LogP contribution is 2.03. The van der Waals surface area contributed by atoms with Gasteiger partial charge in [0.1, 0.15) is 6.54 Å². The second-order valence-corrected chi connectivity index (χ2v) is 5.20. The molecule has 1 amide bonds. The molecule has 21 heavy (non-hydrogen) atoms. The van der Waals surface area contributed by atoms with Gasteiger partial charge in [-0.25, -0.2) is 0 Å². The lowest BCUT2D eigenvalue weighted by atomic mass is 10.3. The van der Waals surface area contributed by atoms with E-state index in [1.54, 1.807) is 17.1 Å². The Morgan fingerprint density at radius 1 is 0.905 bits per heavy atom. The number of rotatable bonds is 5. The molecule has 1 fully saturated rings. The van der Waals surface area contributed by atoms with Crippen molar-refractivity contribution in [3.05, 3.63) is 36.9 Å². The number of carbonyl (C=O) groups is 1. The highest BCUT2D eigenvalue weighted by molar-refractivity contribution is 5.76. The van der Waals surface area contributed by atoms with Gasteiger partial charge >= 0.3 is 0 Å². The van der Waals surface area contributed by atoms with Crippen LogP contribution in [0.3, 0.4) is 0 Å². The van der Waals surface area contributed by atoms with E-state index in [1.807, 2.05) is 34.1 Å². The predicted octanol–water partition coefficient (Wildman–Crippen LogP) is -0.0760. The highest BCUT2D eigenvalue weighted by Gasteiger charge is 2.21. The first-order valence-corrected chi connectivity index (χ1v) is 7.26. The molecule has 3 rings (SSSR count). The first-order chi connectivity index (χ1) is 10.3. The quantitative estimate of drug-likeness (QED) is 0.772. The predicted molar refractivity (Wildman–Crippen MR) is 77.5 cm³/mol. The van der Waals surface area contributed by atoms with E-state index in [1.165, 1.54) is 0 Å². The fourth-order valence-electron chi connectivity index (χ4n) is 2.53. The minimum atomic E-state index is 0.144. The molecular weight excluding hydrogens is 268 g/mol. The van der Waals surface area contributed by atoms with Crippen LogP contribution in [-0.4, -0.2) is 68.0 Å². The van der Waals surface area contributed by atoms with Crippen molar-refractivity contribution >= 4 is 5.91 Å². The van der Waals surface area contributed by atoms with Gasteiger partial charge in [-0.05, 0) is 12.1 Å². The summed E-state index contributed by atoms with van der Waals surface area (Å²) in [6, 6.07) is 3.77. The summed E-state index contributed by atoms with van der Waals surface area (Å²) >= 11 is 0. The first-order valence-electron chi connectivity index (χ1n) is 7.26. The molecule has 1 aliphatic rings. The molecule has 3 heterocycles. The van der Waals surface area contributed by atoms with Crippen molar-refractivity contribution in [1.82, 2.24) is 29.4 Å². The zero-order valence-electron chi connectivity index (χ0n) is 12.0. The number of hydrogen-bond donors (Lipinski definition) is 0. The Morgan fingerprint density at radius 2 is 1.57 bits per heavy atom. The Labute approximate surface area is 123 Å². The van der Waals surface area contributed by atoms with E-state index in [0.29, 0.717) is 6.54 Å². The van der Waals surface area contributed by atoms with Crippen LogP contribution in [0.2, 0.25) is 0 Å². The molecule has 7 heteroatoms. The number of carbonyl (C=O) groups excluding carboxylic acids is 1. The molecule has 2 aromatic rings. The molecule has 0 unspecified atom stereocenters. The molecule has 0 aromatic carbocycles. The van der Waals surface area contributed by atoms with E-state index in [2.05, 4.69) is 15.1 Å². The van der Waals surface area contributed by atoms with Crippen molar-refractivity contribution in [2.24, 2.45) is 0 Å². The van der Waals surface area contributed by atoms with Gasteiger partial charge < -0.3 is 4.90 Å². The van der Waals surface area contributed by atoms with Gasteiger partial charge in [-0.3, -0.25) is 19.1 Å². The number of piperazine rings is 1. The largest absolute Gasteiger partial charge is 0.339 e. The summed E-state index contributed by atoms with van der Waals surface area (Å²) in [7, 11) is 0. The van der Waals surface area contributed by atoms with Gasteiger partial charge in [-0.2, -0.15) is 10.2 Å². The maximum atomic E-state index is 12.1. The molecule has 0 spiro atoms. The fraction of sp³-hybridized carbons (Fsp3) is 0.500. The summed E-state index contributed by atoms with van der Waals surface area (Å²) in [6.45, 7) is 5.63.